The SMILES string of the molecule is COc1ccccc1CN1CCC2(CC1)NC(=O)c1ccccc1N2. The van der Waals surface area contributed by atoms with E-state index < -0.39 is 0 Å². The van der Waals surface area contributed by atoms with Crippen molar-refractivity contribution in [1.82, 2.24) is 10.2 Å². The minimum Gasteiger partial charge on any atom is -0.496 e. The van der Waals surface area contributed by atoms with Gasteiger partial charge in [-0.15, -0.1) is 0 Å². The quantitative estimate of drug-likeness (QED) is 0.904. The molecule has 2 aromatic carbocycles. The van der Waals surface area contributed by atoms with E-state index in [0.29, 0.717) is 0 Å². The minimum absolute atomic E-state index is 0.0209. The van der Waals surface area contributed by atoms with E-state index >= 15 is 0 Å². The van der Waals surface area contributed by atoms with E-state index in [-0.39, 0.29) is 11.6 Å². The van der Waals surface area contributed by atoms with Crippen LogP contribution in [0.15, 0.2) is 48.5 Å². The summed E-state index contributed by atoms with van der Waals surface area (Å²) in [6, 6.07) is 15.9. The second-order valence-electron chi connectivity index (χ2n) is 6.79. The van der Waals surface area contributed by atoms with E-state index in [4.69, 9.17) is 4.74 Å². The van der Waals surface area contributed by atoms with E-state index in [1.807, 2.05) is 42.5 Å². The number of fused-ring (bicyclic) bond motifs is 1. The molecule has 2 N–H and O–H groups in total. The number of nitrogens with zero attached hydrogens (tertiary/aromatic N) is 1. The molecule has 0 bridgehead atoms. The lowest BCUT2D eigenvalue weighted by atomic mass is 9.92. The number of carbonyl (C=O) groups is 1. The number of rotatable bonds is 3. The van der Waals surface area contributed by atoms with E-state index in [1.54, 1.807) is 7.11 Å². The van der Waals surface area contributed by atoms with Gasteiger partial charge in [0.2, 0.25) is 0 Å². The molecule has 0 unspecified atom stereocenters. The predicted octanol–water partition coefficient (Wildman–Crippen LogP) is 2.84. The van der Waals surface area contributed by atoms with E-state index in [2.05, 4.69) is 21.6 Å². The van der Waals surface area contributed by atoms with Crippen LogP contribution in [0.25, 0.3) is 0 Å². The lowest BCUT2D eigenvalue weighted by Crippen LogP contribution is -2.62. The summed E-state index contributed by atoms with van der Waals surface area (Å²) >= 11 is 0. The van der Waals surface area contributed by atoms with Crippen molar-refractivity contribution >= 4 is 11.6 Å². The Bertz CT molecular complexity index is 782. The number of ether oxygens (including phenoxy) is 1. The summed E-state index contributed by atoms with van der Waals surface area (Å²) in [6.45, 7) is 2.71. The Morgan fingerprint density at radius 2 is 1.76 bits per heavy atom. The fourth-order valence-corrected chi connectivity index (χ4v) is 3.78. The highest BCUT2D eigenvalue weighted by molar-refractivity contribution is 6.02. The maximum Gasteiger partial charge on any atom is 0.255 e. The van der Waals surface area contributed by atoms with E-state index in [9.17, 15) is 4.79 Å². The van der Waals surface area contributed by atoms with Crippen molar-refractivity contribution in [3.05, 3.63) is 59.7 Å². The highest BCUT2D eigenvalue weighted by Gasteiger charge is 2.39. The topological polar surface area (TPSA) is 53.6 Å². The highest BCUT2D eigenvalue weighted by Crippen LogP contribution is 2.32. The molecule has 0 radical (unpaired) electrons. The second-order valence-corrected chi connectivity index (χ2v) is 6.79. The maximum absolute atomic E-state index is 12.4. The smallest absolute Gasteiger partial charge is 0.255 e. The van der Waals surface area contributed by atoms with Crippen LogP contribution in [0.2, 0.25) is 0 Å². The van der Waals surface area contributed by atoms with Crippen molar-refractivity contribution < 1.29 is 9.53 Å². The maximum atomic E-state index is 12.4. The second kappa shape index (κ2) is 6.41. The molecule has 1 fully saturated rings. The first-order chi connectivity index (χ1) is 12.2. The molecule has 1 spiro atoms. The molecule has 1 saturated heterocycles. The van der Waals surface area contributed by atoms with Gasteiger partial charge < -0.3 is 15.4 Å². The van der Waals surface area contributed by atoms with E-state index in [1.165, 1.54) is 5.56 Å². The van der Waals surface area contributed by atoms with Crippen LogP contribution < -0.4 is 15.4 Å². The molecule has 0 atom stereocenters. The van der Waals surface area contributed by atoms with Crippen LogP contribution in [-0.4, -0.2) is 36.7 Å². The van der Waals surface area contributed by atoms with Gasteiger partial charge in [0.1, 0.15) is 11.4 Å². The van der Waals surface area contributed by atoms with Gasteiger partial charge in [-0.1, -0.05) is 30.3 Å². The lowest BCUT2D eigenvalue weighted by Gasteiger charge is -2.46. The third-order valence-electron chi connectivity index (χ3n) is 5.19. The first-order valence-corrected chi connectivity index (χ1v) is 8.73. The third-order valence-corrected chi connectivity index (χ3v) is 5.19. The number of amides is 1. The first kappa shape index (κ1) is 16.0. The Balaban J connectivity index is 1.44. The normalized spacial score (nSPS) is 19.0. The number of likely N-dealkylation sites (tertiary alicyclic amines) is 1. The molecule has 2 aliphatic rings. The van der Waals surface area contributed by atoms with Crippen molar-refractivity contribution in [2.45, 2.75) is 25.0 Å². The van der Waals surface area contributed by atoms with Crippen LogP contribution in [0.3, 0.4) is 0 Å². The minimum atomic E-state index is -0.331. The van der Waals surface area contributed by atoms with Gasteiger partial charge >= 0.3 is 0 Å². The van der Waals surface area contributed by atoms with Gasteiger partial charge in [0.05, 0.1) is 12.7 Å². The zero-order valence-corrected chi connectivity index (χ0v) is 14.4. The molecule has 25 heavy (non-hydrogen) atoms. The number of piperidine rings is 1. The number of hydrogen-bond acceptors (Lipinski definition) is 4. The summed E-state index contributed by atoms with van der Waals surface area (Å²) in [7, 11) is 1.71. The standard InChI is InChI=1S/C20H23N3O2/c1-25-18-9-5-2-6-15(18)14-23-12-10-20(11-13-23)21-17-8-4-3-7-16(17)19(24)22-20/h2-9,21H,10-14H2,1H3,(H,22,24). The van der Waals surface area contributed by atoms with Crippen LogP contribution in [-0.2, 0) is 6.54 Å². The molecule has 2 aliphatic heterocycles. The van der Waals surface area contributed by atoms with Crippen molar-refractivity contribution in [3.63, 3.8) is 0 Å². The molecular weight excluding hydrogens is 314 g/mol. The van der Waals surface area contributed by atoms with E-state index in [0.717, 1.165) is 49.5 Å². The van der Waals surface area contributed by atoms with Crippen molar-refractivity contribution in [2.75, 3.05) is 25.5 Å². The van der Waals surface area contributed by atoms with Gasteiger partial charge in [0.25, 0.3) is 5.91 Å². The number of anilines is 1. The van der Waals surface area contributed by atoms with Gasteiger partial charge in [-0.25, -0.2) is 0 Å². The number of hydrogen-bond donors (Lipinski definition) is 2. The molecule has 5 nitrogen and oxygen atoms in total. The largest absolute Gasteiger partial charge is 0.496 e. The van der Waals surface area contributed by atoms with Crippen molar-refractivity contribution in [3.8, 4) is 5.75 Å². The van der Waals surface area contributed by atoms with Gasteiger partial charge in [-0.3, -0.25) is 9.69 Å². The van der Waals surface area contributed by atoms with Crippen LogP contribution >= 0.6 is 0 Å². The summed E-state index contributed by atoms with van der Waals surface area (Å²) in [5.41, 5.74) is 2.53. The molecule has 2 aromatic rings. The fourth-order valence-electron chi connectivity index (χ4n) is 3.78. The predicted molar refractivity (Wildman–Crippen MR) is 97.8 cm³/mol. The number of nitrogens with one attached hydrogen (secondary N) is 2. The molecule has 2 heterocycles. The molecule has 0 aliphatic carbocycles. The highest BCUT2D eigenvalue weighted by atomic mass is 16.5. The summed E-state index contributed by atoms with van der Waals surface area (Å²) < 4.78 is 5.45. The Kier molecular flexibility index (Phi) is 4.09. The lowest BCUT2D eigenvalue weighted by molar-refractivity contribution is 0.0822. The Labute approximate surface area is 148 Å². The number of para-hydroxylation sites is 2. The molecule has 5 heteroatoms. The number of benzene rings is 2. The average Bonchev–Trinajstić information content (AvgIpc) is 2.64. The first-order valence-electron chi connectivity index (χ1n) is 8.73. The zero-order chi connectivity index (χ0) is 17.3. The van der Waals surface area contributed by atoms with Crippen molar-refractivity contribution in [2.24, 2.45) is 0 Å². The molecule has 0 saturated carbocycles. The Morgan fingerprint density at radius 3 is 2.56 bits per heavy atom. The Morgan fingerprint density at radius 1 is 1.04 bits per heavy atom. The van der Waals surface area contributed by atoms with Crippen molar-refractivity contribution in [1.29, 1.82) is 0 Å². The molecule has 4 rings (SSSR count). The summed E-state index contributed by atoms with van der Waals surface area (Å²) in [6.07, 6.45) is 1.75. The van der Waals surface area contributed by atoms with Gasteiger partial charge in [0, 0.05) is 43.7 Å². The van der Waals surface area contributed by atoms with Gasteiger partial charge in [0.15, 0.2) is 0 Å². The average molecular weight is 337 g/mol. The molecule has 0 aromatic heterocycles. The van der Waals surface area contributed by atoms with Crippen LogP contribution in [0.1, 0.15) is 28.8 Å². The molecular formula is C20H23N3O2. The van der Waals surface area contributed by atoms with Crippen LogP contribution in [0.5, 0.6) is 5.75 Å². The summed E-state index contributed by atoms with van der Waals surface area (Å²) in [5.74, 6) is 0.952. The molecule has 1 amide bonds. The fraction of sp³-hybridized carbons (Fsp3) is 0.350. The monoisotopic (exact) mass is 337 g/mol. The van der Waals surface area contributed by atoms with Crippen LogP contribution in [0, 0.1) is 0 Å². The van der Waals surface area contributed by atoms with Crippen LogP contribution in [0.4, 0.5) is 5.69 Å². The number of methoxy groups -OCH3 is 1. The zero-order valence-electron chi connectivity index (χ0n) is 14.4. The number of carbonyl (C=O) groups excluding carboxylic acids is 1. The summed E-state index contributed by atoms with van der Waals surface area (Å²) in [4.78, 5) is 14.8. The Hall–Kier alpha value is -2.53. The molecule has 130 valence electrons. The third kappa shape index (κ3) is 3.07. The summed E-state index contributed by atoms with van der Waals surface area (Å²) in [5, 5.41) is 6.76. The van der Waals surface area contributed by atoms with Gasteiger partial charge in [-0.2, -0.15) is 0 Å². The van der Waals surface area contributed by atoms with Gasteiger partial charge in [-0.05, 0) is 18.2 Å².